The quantitative estimate of drug-likeness (QED) is 0.439. The maximum atomic E-state index is 8.47. The first-order valence-corrected chi connectivity index (χ1v) is 3.19. The Hall–Kier alpha value is -1.04. The maximum absolute atomic E-state index is 8.47. The van der Waals surface area contributed by atoms with Crippen molar-refractivity contribution in [2.24, 2.45) is 4.99 Å². The Balaban J connectivity index is 3.78. The second kappa shape index (κ2) is 3.89. The summed E-state index contributed by atoms with van der Waals surface area (Å²) in [5, 5.41) is 8.47. The summed E-state index contributed by atoms with van der Waals surface area (Å²) in [5.74, 6) is 0. The predicted octanol–water partition coefficient (Wildman–Crippen LogP) is 1.35. The van der Waals surface area contributed by atoms with Crippen molar-refractivity contribution in [3.63, 3.8) is 0 Å². The molecule has 0 aliphatic rings. The molecule has 0 amide bonds. The fraction of sp³-hybridized carbons (Fsp3) is 0.714. The lowest BCUT2D eigenvalue weighted by molar-refractivity contribution is 0.339. The van der Waals surface area contributed by atoms with E-state index in [1.54, 1.807) is 13.8 Å². The molecule has 0 N–H and O–H groups in total. The normalized spacial score (nSPS) is 11.4. The molecule has 0 atom stereocenters. The number of ether oxygens (including phenoxy) is 1. The molecule has 0 aromatic heterocycles. The van der Waals surface area contributed by atoms with Gasteiger partial charge in [0.1, 0.15) is 5.54 Å². The molecule has 0 heterocycles. The number of nitriles is 1. The van der Waals surface area contributed by atoms with E-state index in [1.807, 2.05) is 13.0 Å². The Morgan fingerprint density at radius 1 is 1.70 bits per heavy atom. The summed E-state index contributed by atoms with van der Waals surface area (Å²) < 4.78 is 4.83. The van der Waals surface area contributed by atoms with Crippen LogP contribution >= 0.6 is 0 Å². The first kappa shape index (κ1) is 8.96. The van der Waals surface area contributed by atoms with E-state index in [0.29, 0.717) is 6.61 Å². The minimum Gasteiger partial charge on any atom is -0.484 e. The first-order chi connectivity index (χ1) is 4.62. The average Bonchev–Trinajstić information content (AvgIpc) is 1.89. The van der Waals surface area contributed by atoms with Crippen molar-refractivity contribution in [2.45, 2.75) is 26.3 Å². The number of nitrogens with zero attached hydrogens (tertiary/aromatic N) is 2. The molecule has 0 saturated carbocycles. The molecule has 0 aromatic carbocycles. The van der Waals surface area contributed by atoms with Crippen LogP contribution in [0.5, 0.6) is 0 Å². The lowest BCUT2D eigenvalue weighted by Crippen LogP contribution is -2.13. The van der Waals surface area contributed by atoms with Crippen LogP contribution in [0.4, 0.5) is 0 Å². The van der Waals surface area contributed by atoms with Crippen molar-refractivity contribution in [2.75, 3.05) is 6.61 Å². The number of hydrogen-bond donors (Lipinski definition) is 0. The van der Waals surface area contributed by atoms with E-state index < -0.39 is 5.54 Å². The van der Waals surface area contributed by atoms with Crippen molar-refractivity contribution < 1.29 is 4.74 Å². The molecule has 3 nitrogen and oxygen atoms in total. The molecule has 56 valence electrons. The zero-order valence-corrected chi connectivity index (χ0v) is 6.59. The van der Waals surface area contributed by atoms with E-state index in [0.717, 1.165) is 0 Å². The highest BCUT2D eigenvalue weighted by Crippen LogP contribution is 2.04. The van der Waals surface area contributed by atoms with Gasteiger partial charge in [-0.3, -0.25) is 0 Å². The number of aliphatic imine (C=N–C) groups is 1. The van der Waals surface area contributed by atoms with Gasteiger partial charge in [-0.05, 0) is 20.8 Å². The third-order valence-corrected chi connectivity index (χ3v) is 0.890. The fourth-order valence-corrected chi connectivity index (χ4v) is 0.272. The highest BCUT2D eigenvalue weighted by molar-refractivity contribution is 5.48. The van der Waals surface area contributed by atoms with E-state index in [4.69, 9.17) is 10.00 Å². The van der Waals surface area contributed by atoms with E-state index in [-0.39, 0.29) is 0 Å². The highest BCUT2D eigenvalue weighted by Gasteiger charge is 2.12. The number of rotatable bonds is 3. The summed E-state index contributed by atoms with van der Waals surface area (Å²) in [5.41, 5.74) is -0.658. The summed E-state index contributed by atoms with van der Waals surface area (Å²) in [6.07, 6.45) is 1.32. The molecule has 0 aliphatic heterocycles. The molecule has 0 bridgehead atoms. The summed E-state index contributed by atoms with van der Waals surface area (Å²) in [4.78, 5) is 3.86. The molecule has 0 fully saturated rings. The van der Waals surface area contributed by atoms with Crippen molar-refractivity contribution in [1.82, 2.24) is 0 Å². The van der Waals surface area contributed by atoms with Crippen molar-refractivity contribution in [1.29, 1.82) is 5.26 Å². The van der Waals surface area contributed by atoms with E-state index in [9.17, 15) is 0 Å². The standard InChI is InChI=1S/C7H12N2O/c1-4-10-6-9-7(2,3)5-8/h6H,4H2,1-3H3. The van der Waals surface area contributed by atoms with Gasteiger partial charge in [-0.1, -0.05) is 0 Å². The summed E-state index contributed by atoms with van der Waals surface area (Å²) in [7, 11) is 0. The zero-order valence-electron chi connectivity index (χ0n) is 6.59. The van der Waals surface area contributed by atoms with Crippen molar-refractivity contribution in [3.05, 3.63) is 0 Å². The van der Waals surface area contributed by atoms with Gasteiger partial charge in [-0.25, -0.2) is 4.99 Å². The molecular weight excluding hydrogens is 128 g/mol. The van der Waals surface area contributed by atoms with Gasteiger partial charge in [0.2, 0.25) is 0 Å². The SMILES string of the molecule is CCOC=NC(C)(C)C#N. The van der Waals surface area contributed by atoms with Crippen LogP contribution < -0.4 is 0 Å². The fourth-order valence-electron chi connectivity index (χ4n) is 0.272. The van der Waals surface area contributed by atoms with Crippen LogP contribution in [0.15, 0.2) is 4.99 Å². The van der Waals surface area contributed by atoms with Gasteiger partial charge in [0, 0.05) is 0 Å². The molecule has 0 saturated heterocycles. The van der Waals surface area contributed by atoms with Crippen LogP contribution in [-0.4, -0.2) is 18.5 Å². The Kier molecular flexibility index (Phi) is 3.48. The Bertz CT molecular complexity index is 155. The first-order valence-electron chi connectivity index (χ1n) is 3.19. The van der Waals surface area contributed by atoms with Gasteiger partial charge in [-0.15, -0.1) is 0 Å². The van der Waals surface area contributed by atoms with Gasteiger partial charge >= 0.3 is 0 Å². The van der Waals surface area contributed by atoms with Gasteiger partial charge in [-0.2, -0.15) is 5.26 Å². The Morgan fingerprint density at radius 2 is 2.30 bits per heavy atom. The second-order valence-electron chi connectivity index (χ2n) is 2.36. The van der Waals surface area contributed by atoms with Crippen LogP contribution in [0.1, 0.15) is 20.8 Å². The van der Waals surface area contributed by atoms with Crippen LogP contribution in [0.2, 0.25) is 0 Å². The highest BCUT2D eigenvalue weighted by atomic mass is 16.5. The van der Waals surface area contributed by atoms with Gasteiger partial charge < -0.3 is 4.74 Å². The van der Waals surface area contributed by atoms with Crippen molar-refractivity contribution in [3.8, 4) is 6.07 Å². The molecule has 0 rings (SSSR count). The monoisotopic (exact) mass is 140 g/mol. The van der Waals surface area contributed by atoms with Crippen molar-refractivity contribution >= 4 is 6.40 Å². The van der Waals surface area contributed by atoms with E-state index in [1.165, 1.54) is 6.40 Å². The summed E-state index contributed by atoms with van der Waals surface area (Å²) >= 11 is 0. The van der Waals surface area contributed by atoms with Crippen LogP contribution in [0, 0.1) is 11.3 Å². The lowest BCUT2D eigenvalue weighted by Gasteiger charge is -2.06. The minimum atomic E-state index is -0.658. The molecule has 0 radical (unpaired) electrons. The summed E-state index contributed by atoms with van der Waals surface area (Å²) in [6.45, 7) is 5.90. The predicted molar refractivity (Wildman–Crippen MR) is 39.8 cm³/mol. The number of hydrogen-bond acceptors (Lipinski definition) is 3. The largest absolute Gasteiger partial charge is 0.484 e. The molecule has 0 spiro atoms. The van der Waals surface area contributed by atoms with Gasteiger partial charge in [0.05, 0.1) is 12.7 Å². The van der Waals surface area contributed by atoms with Crippen LogP contribution in [0.3, 0.4) is 0 Å². The van der Waals surface area contributed by atoms with Crippen LogP contribution in [0.25, 0.3) is 0 Å². The summed E-state index contributed by atoms with van der Waals surface area (Å²) in [6, 6.07) is 2.02. The molecule has 10 heavy (non-hydrogen) atoms. The topological polar surface area (TPSA) is 45.4 Å². The zero-order chi connectivity index (χ0) is 8.04. The third kappa shape index (κ3) is 3.90. The maximum Gasteiger partial charge on any atom is 0.170 e. The van der Waals surface area contributed by atoms with E-state index in [2.05, 4.69) is 4.99 Å². The van der Waals surface area contributed by atoms with E-state index >= 15 is 0 Å². The Morgan fingerprint density at radius 3 is 2.70 bits per heavy atom. The minimum absolute atomic E-state index is 0.588. The Labute approximate surface area is 61.3 Å². The smallest absolute Gasteiger partial charge is 0.170 e. The molecular formula is C7H12N2O. The second-order valence-corrected chi connectivity index (χ2v) is 2.36. The third-order valence-electron chi connectivity index (χ3n) is 0.890. The molecule has 0 aliphatic carbocycles. The van der Waals surface area contributed by atoms with Crippen LogP contribution in [-0.2, 0) is 4.74 Å². The van der Waals surface area contributed by atoms with Gasteiger partial charge in [0.25, 0.3) is 0 Å². The lowest BCUT2D eigenvalue weighted by atomic mass is 10.1. The molecule has 0 unspecified atom stereocenters. The average molecular weight is 140 g/mol. The van der Waals surface area contributed by atoms with Gasteiger partial charge in [0.15, 0.2) is 6.40 Å². The molecule has 0 aromatic rings. The molecule has 3 heteroatoms.